The molecule has 1 atom stereocenters. The molecule has 21 heavy (non-hydrogen) atoms. The first kappa shape index (κ1) is 14.6. The molecule has 114 valence electrons. The molecule has 1 unspecified atom stereocenters. The Balaban J connectivity index is 1.86. The van der Waals surface area contributed by atoms with E-state index in [9.17, 15) is 4.79 Å². The van der Waals surface area contributed by atoms with Crippen LogP contribution in [0.2, 0.25) is 0 Å². The van der Waals surface area contributed by atoms with Crippen molar-refractivity contribution in [3.05, 3.63) is 29.3 Å². The van der Waals surface area contributed by atoms with E-state index in [0.29, 0.717) is 12.5 Å². The van der Waals surface area contributed by atoms with Crippen molar-refractivity contribution < 1.29 is 4.79 Å². The second kappa shape index (κ2) is 6.61. The maximum Gasteiger partial charge on any atom is 0.224 e. The van der Waals surface area contributed by atoms with Gasteiger partial charge in [0.2, 0.25) is 5.91 Å². The van der Waals surface area contributed by atoms with Crippen molar-refractivity contribution in [1.29, 1.82) is 0 Å². The summed E-state index contributed by atoms with van der Waals surface area (Å²) in [5.74, 6) is 0.920. The minimum atomic E-state index is 0.153. The van der Waals surface area contributed by atoms with Crippen molar-refractivity contribution in [2.45, 2.75) is 57.9 Å². The van der Waals surface area contributed by atoms with Crippen LogP contribution in [0.1, 0.15) is 62.6 Å². The second-order valence-electron chi connectivity index (χ2n) is 6.40. The number of benzene rings is 1. The Bertz CT molecular complexity index is 506. The fraction of sp³-hybridized carbons (Fsp3) is 0.611. The van der Waals surface area contributed by atoms with Gasteiger partial charge < -0.3 is 10.6 Å². The maximum atomic E-state index is 11.7. The number of rotatable bonds is 4. The third-order valence-corrected chi connectivity index (χ3v) is 4.91. The minimum Gasteiger partial charge on any atom is -0.326 e. The van der Waals surface area contributed by atoms with Crippen LogP contribution < -0.4 is 10.6 Å². The molecule has 1 aromatic rings. The lowest BCUT2D eigenvalue weighted by Gasteiger charge is -2.25. The summed E-state index contributed by atoms with van der Waals surface area (Å²) in [5, 5.41) is 6.72. The number of anilines is 1. The summed E-state index contributed by atoms with van der Waals surface area (Å²) in [6, 6.07) is 7.11. The molecule has 1 amide bonds. The Kier molecular flexibility index (Phi) is 4.59. The number of hydrogen-bond acceptors (Lipinski definition) is 2. The molecule has 1 aliphatic heterocycles. The van der Waals surface area contributed by atoms with Crippen LogP contribution in [-0.2, 0) is 11.2 Å². The van der Waals surface area contributed by atoms with E-state index < -0.39 is 0 Å². The molecule has 2 aliphatic rings. The van der Waals surface area contributed by atoms with Gasteiger partial charge in [0.05, 0.1) is 0 Å². The monoisotopic (exact) mass is 286 g/mol. The summed E-state index contributed by atoms with van der Waals surface area (Å²) in [5.41, 5.74) is 3.72. The first-order valence-electron chi connectivity index (χ1n) is 8.44. The lowest BCUT2D eigenvalue weighted by Crippen LogP contribution is -2.27. The Morgan fingerprint density at radius 3 is 2.81 bits per heavy atom. The highest BCUT2D eigenvalue weighted by Gasteiger charge is 2.26. The van der Waals surface area contributed by atoms with E-state index in [1.54, 1.807) is 0 Å². The van der Waals surface area contributed by atoms with E-state index in [1.165, 1.54) is 36.8 Å². The average Bonchev–Trinajstić information content (AvgIpc) is 2.93. The van der Waals surface area contributed by atoms with E-state index in [-0.39, 0.29) is 5.91 Å². The van der Waals surface area contributed by atoms with E-state index in [4.69, 9.17) is 0 Å². The van der Waals surface area contributed by atoms with Gasteiger partial charge in [0, 0.05) is 18.2 Å². The maximum absolute atomic E-state index is 11.7. The zero-order chi connectivity index (χ0) is 14.7. The third-order valence-electron chi connectivity index (χ3n) is 4.91. The van der Waals surface area contributed by atoms with Gasteiger partial charge in [-0.15, -0.1) is 0 Å². The molecule has 1 aromatic carbocycles. The summed E-state index contributed by atoms with van der Waals surface area (Å²) in [6.07, 6.45) is 8.02. The molecular weight excluding hydrogens is 260 g/mol. The van der Waals surface area contributed by atoms with Crippen LogP contribution in [0.5, 0.6) is 0 Å². The van der Waals surface area contributed by atoms with Gasteiger partial charge in [-0.3, -0.25) is 4.79 Å². The van der Waals surface area contributed by atoms with Crippen LogP contribution in [0.25, 0.3) is 0 Å². The Morgan fingerprint density at radius 1 is 1.24 bits per heavy atom. The Morgan fingerprint density at radius 2 is 2.05 bits per heavy atom. The smallest absolute Gasteiger partial charge is 0.224 e. The predicted molar refractivity (Wildman–Crippen MR) is 86.4 cm³/mol. The van der Waals surface area contributed by atoms with Crippen molar-refractivity contribution in [2.75, 3.05) is 11.9 Å². The summed E-state index contributed by atoms with van der Waals surface area (Å²) >= 11 is 0. The number of fused-ring (bicyclic) bond motifs is 1. The lowest BCUT2D eigenvalue weighted by molar-refractivity contribution is -0.116. The molecule has 2 N–H and O–H groups in total. The van der Waals surface area contributed by atoms with Gasteiger partial charge in [-0.05, 0) is 55.3 Å². The van der Waals surface area contributed by atoms with Crippen LogP contribution in [0.15, 0.2) is 18.2 Å². The van der Waals surface area contributed by atoms with E-state index in [1.807, 2.05) is 0 Å². The molecular formula is C18H26N2O. The number of nitrogens with one attached hydrogen (secondary N) is 2. The van der Waals surface area contributed by atoms with Crippen molar-refractivity contribution >= 4 is 11.6 Å². The predicted octanol–water partition coefficient (Wildman–Crippen LogP) is 3.80. The van der Waals surface area contributed by atoms with Crippen molar-refractivity contribution in [2.24, 2.45) is 5.92 Å². The van der Waals surface area contributed by atoms with Crippen molar-refractivity contribution in [1.82, 2.24) is 5.32 Å². The molecule has 1 saturated carbocycles. The average molecular weight is 286 g/mol. The summed E-state index contributed by atoms with van der Waals surface area (Å²) in [7, 11) is 0. The molecule has 1 heterocycles. The minimum absolute atomic E-state index is 0.153. The standard InChI is InChI=1S/C18H26N2O/c1-2-19-18(13-6-3-4-7-13)15-10-11-16-14(12-15)8-5-9-17(21)20-16/h10-13,18-19H,2-9H2,1H3,(H,20,21). The van der Waals surface area contributed by atoms with E-state index in [0.717, 1.165) is 31.0 Å². The van der Waals surface area contributed by atoms with Gasteiger partial charge in [0.15, 0.2) is 0 Å². The Hall–Kier alpha value is -1.35. The highest BCUT2D eigenvalue weighted by molar-refractivity contribution is 5.92. The number of hydrogen-bond donors (Lipinski definition) is 2. The molecule has 0 spiro atoms. The molecule has 0 aromatic heterocycles. The number of carbonyl (C=O) groups excluding carboxylic acids is 1. The van der Waals surface area contributed by atoms with Gasteiger partial charge in [0.25, 0.3) is 0 Å². The highest BCUT2D eigenvalue weighted by Crippen LogP contribution is 2.37. The second-order valence-corrected chi connectivity index (χ2v) is 6.40. The number of carbonyl (C=O) groups is 1. The molecule has 3 rings (SSSR count). The molecule has 1 aliphatic carbocycles. The Labute approximate surface area is 127 Å². The van der Waals surface area contributed by atoms with Crippen LogP contribution in [0.4, 0.5) is 5.69 Å². The van der Waals surface area contributed by atoms with Gasteiger partial charge in [-0.2, -0.15) is 0 Å². The zero-order valence-electron chi connectivity index (χ0n) is 13.0. The molecule has 3 nitrogen and oxygen atoms in total. The fourth-order valence-corrected chi connectivity index (χ4v) is 3.86. The van der Waals surface area contributed by atoms with Crippen LogP contribution in [0.3, 0.4) is 0 Å². The quantitative estimate of drug-likeness (QED) is 0.884. The molecule has 3 heteroatoms. The molecule has 0 saturated heterocycles. The summed E-state index contributed by atoms with van der Waals surface area (Å²) < 4.78 is 0. The zero-order valence-corrected chi connectivity index (χ0v) is 13.0. The van der Waals surface area contributed by atoms with Crippen LogP contribution >= 0.6 is 0 Å². The SMILES string of the molecule is CCNC(c1ccc2c(c1)CCCC(=O)N2)C1CCCC1. The van der Waals surface area contributed by atoms with Crippen molar-refractivity contribution in [3.8, 4) is 0 Å². The fourth-order valence-electron chi connectivity index (χ4n) is 3.86. The van der Waals surface area contributed by atoms with Crippen molar-refractivity contribution in [3.63, 3.8) is 0 Å². The number of aryl methyl sites for hydroxylation is 1. The highest BCUT2D eigenvalue weighted by atomic mass is 16.1. The van der Waals surface area contributed by atoms with Gasteiger partial charge in [0.1, 0.15) is 0 Å². The van der Waals surface area contributed by atoms with Gasteiger partial charge in [-0.25, -0.2) is 0 Å². The van der Waals surface area contributed by atoms with E-state index in [2.05, 4.69) is 35.8 Å². The summed E-state index contributed by atoms with van der Waals surface area (Å²) in [4.78, 5) is 11.7. The largest absolute Gasteiger partial charge is 0.326 e. The molecule has 0 radical (unpaired) electrons. The third kappa shape index (κ3) is 3.29. The van der Waals surface area contributed by atoms with Crippen LogP contribution in [0, 0.1) is 5.92 Å². The normalized spacial score (nSPS) is 20.7. The van der Waals surface area contributed by atoms with Gasteiger partial charge in [-0.1, -0.05) is 31.9 Å². The number of amides is 1. The molecule has 1 fully saturated rings. The van der Waals surface area contributed by atoms with Crippen LogP contribution in [-0.4, -0.2) is 12.5 Å². The first-order valence-corrected chi connectivity index (χ1v) is 8.44. The topological polar surface area (TPSA) is 41.1 Å². The molecule has 0 bridgehead atoms. The first-order chi connectivity index (χ1) is 10.3. The van der Waals surface area contributed by atoms with Gasteiger partial charge >= 0.3 is 0 Å². The summed E-state index contributed by atoms with van der Waals surface area (Å²) in [6.45, 7) is 3.20. The lowest BCUT2D eigenvalue weighted by atomic mass is 9.90. The van der Waals surface area contributed by atoms with E-state index >= 15 is 0 Å².